The highest BCUT2D eigenvalue weighted by molar-refractivity contribution is 7.89. The molecule has 0 fully saturated rings. The van der Waals surface area contributed by atoms with E-state index in [2.05, 4.69) is 25.6 Å². The van der Waals surface area contributed by atoms with Crippen LogP contribution in [0.1, 0.15) is 18.1 Å². The van der Waals surface area contributed by atoms with E-state index in [0.29, 0.717) is 41.9 Å². The normalized spacial score (nSPS) is 11.6. The minimum absolute atomic E-state index is 0.173. The van der Waals surface area contributed by atoms with E-state index in [4.69, 9.17) is 14.7 Å². The molecule has 11 heteroatoms. The van der Waals surface area contributed by atoms with Gasteiger partial charge in [-0.05, 0) is 67.1 Å². The summed E-state index contributed by atoms with van der Waals surface area (Å²) >= 11 is 0. The molecule has 0 saturated heterocycles. The Labute approximate surface area is 251 Å². The second-order valence-corrected chi connectivity index (χ2v) is 11.3. The Hall–Kier alpha value is -5.13. The summed E-state index contributed by atoms with van der Waals surface area (Å²) in [7, 11) is -2.16. The molecule has 3 N–H and O–H groups in total. The maximum Gasteiger partial charge on any atom is 0.240 e. The van der Waals surface area contributed by atoms with Gasteiger partial charge in [0.1, 0.15) is 0 Å². The van der Waals surface area contributed by atoms with Gasteiger partial charge in [-0.1, -0.05) is 60.7 Å². The average Bonchev–Trinajstić information content (AvgIpc) is 3.05. The van der Waals surface area contributed by atoms with Gasteiger partial charge in [0.15, 0.2) is 5.82 Å². The van der Waals surface area contributed by atoms with E-state index in [1.807, 2.05) is 79.7 Å². The van der Waals surface area contributed by atoms with Crippen LogP contribution in [-0.4, -0.2) is 42.7 Å². The van der Waals surface area contributed by atoms with Gasteiger partial charge in [-0.25, -0.2) is 13.1 Å². The molecule has 5 aromatic rings. The molecule has 10 nitrogen and oxygen atoms in total. The topological polar surface area (TPSA) is 130 Å². The third-order valence-electron chi connectivity index (χ3n) is 6.53. The summed E-state index contributed by atoms with van der Waals surface area (Å²) in [5, 5.41) is 7.86. The Morgan fingerprint density at radius 1 is 0.860 bits per heavy atom. The highest BCUT2D eigenvalue weighted by Crippen LogP contribution is 2.36. The zero-order valence-electron chi connectivity index (χ0n) is 23.7. The van der Waals surface area contributed by atoms with Crippen LogP contribution >= 0.6 is 0 Å². The molecule has 5 rings (SSSR count). The van der Waals surface area contributed by atoms with Crippen molar-refractivity contribution < 1.29 is 13.2 Å². The number of aromatic nitrogens is 3. The molecule has 0 spiro atoms. The lowest BCUT2D eigenvalue weighted by atomic mass is 10.1. The maximum atomic E-state index is 12.1. The second kappa shape index (κ2) is 13.7. The van der Waals surface area contributed by atoms with Gasteiger partial charge >= 0.3 is 0 Å². The first-order chi connectivity index (χ1) is 20.9. The van der Waals surface area contributed by atoms with Crippen molar-refractivity contribution >= 4 is 33.2 Å². The quantitative estimate of drug-likeness (QED) is 0.125. The number of nitrogens with one attached hydrogen (secondary N) is 3. The van der Waals surface area contributed by atoms with Crippen LogP contribution in [0.4, 0.5) is 17.5 Å². The zero-order chi connectivity index (χ0) is 30.1. The molecule has 2 aromatic heterocycles. The minimum Gasteiger partial charge on any atom is -0.477 e. The molecule has 0 aliphatic carbocycles. The van der Waals surface area contributed by atoms with E-state index in [0.717, 1.165) is 22.4 Å². The molecule has 0 atom stereocenters. The number of pyridine rings is 1. The first-order valence-electron chi connectivity index (χ1n) is 13.6. The van der Waals surface area contributed by atoms with Gasteiger partial charge in [-0.2, -0.15) is 15.1 Å². The monoisotopic (exact) mass is 593 g/mol. The summed E-state index contributed by atoms with van der Waals surface area (Å²) in [5.74, 6) is 1.17. The molecule has 0 saturated carbocycles. The van der Waals surface area contributed by atoms with E-state index in [-0.39, 0.29) is 4.90 Å². The third-order valence-corrected chi connectivity index (χ3v) is 7.96. The number of benzene rings is 3. The van der Waals surface area contributed by atoms with Crippen molar-refractivity contribution in [2.75, 3.05) is 24.4 Å². The first kappa shape index (κ1) is 29.4. The van der Waals surface area contributed by atoms with Crippen LogP contribution in [0.15, 0.2) is 119 Å². The summed E-state index contributed by atoms with van der Waals surface area (Å²) < 4.78 is 32.9. The van der Waals surface area contributed by atoms with Crippen molar-refractivity contribution in [3.8, 4) is 17.0 Å². The van der Waals surface area contributed by atoms with Gasteiger partial charge in [0.05, 0.1) is 22.8 Å². The van der Waals surface area contributed by atoms with E-state index in [1.54, 1.807) is 24.5 Å². The second-order valence-electron chi connectivity index (χ2n) is 9.43. The molecular weight excluding hydrogens is 562 g/mol. The lowest BCUT2D eigenvalue weighted by Crippen LogP contribution is -2.18. The van der Waals surface area contributed by atoms with Crippen LogP contribution in [0, 0.1) is 0 Å². The Kier molecular flexibility index (Phi) is 9.35. The molecule has 0 aliphatic heterocycles. The van der Waals surface area contributed by atoms with Gasteiger partial charge in [0.2, 0.25) is 21.9 Å². The fourth-order valence-corrected chi connectivity index (χ4v) is 4.94. The predicted molar refractivity (Wildman–Crippen MR) is 169 cm³/mol. The van der Waals surface area contributed by atoms with Crippen LogP contribution in [0.3, 0.4) is 0 Å². The average molecular weight is 594 g/mol. The number of ether oxygens (including phenoxy) is 1. The smallest absolute Gasteiger partial charge is 0.240 e. The third kappa shape index (κ3) is 7.59. The molecule has 0 aliphatic rings. The number of anilines is 3. The summed E-state index contributed by atoms with van der Waals surface area (Å²) in [6.07, 6.45) is 4.18. The first-order valence-corrected chi connectivity index (χ1v) is 15.1. The Morgan fingerprint density at radius 2 is 1.53 bits per heavy atom. The summed E-state index contributed by atoms with van der Waals surface area (Å²) in [6.45, 7) is 2.21. The van der Waals surface area contributed by atoms with Crippen LogP contribution in [-0.2, 0) is 16.4 Å². The van der Waals surface area contributed by atoms with Crippen molar-refractivity contribution in [2.24, 2.45) is 5.10 Å². The Morgan fingerprint density at radius 3 is 2.21 bits per heavy atom. The van der Waals surface area contributed by atoms with Crippen molar-refractivity contribution in [1.29, 1.82) is 0 Å². The molecule has 0 amide bonds. The fourth-order valence-electron chi connectivity index (χ4n) is 4.21. The highest BCUT2D eigenvalue weighted by Gasteiger charge is 2.19. The SMILES string of the molecule is CNS(=O)(=O)c1ccc(C(C)=NNc2nc(Nc3ccccc3)nc(OCCc3ccncc3)c2-c2ccccc2)cc1. The standard InChI is InChI=1S/C32H31N7O3S/c1-23(25-13-15-28(16-14-25)43(40,41)33-2)38-39-30-29(26-9-5-3-6-10-26)31(42-22-19-24-17-20-34-21-18-24)37-32(36-30)35-27-11-7-4-8-12-27/h3-18,20-21,33H,19,22H2,1-2H3,(H2,35,36,37,39). The molecule has 218 valence electrons. The highest BCUT2D eigenvalue weighted by atomic mass is 32.2. The molecule has 0 unspecified atom stereocenters. The van der Waals surface area contributed by atoms with Crippen molar-refractivity contribution in [1.82, 2.24) is 19.7 Å². The van der Waals surface area contributed by atoms with Crippen LogP contribution < -0.4 is 20.2 Å². The molecule has 43 heavy (non-hydrogen) atoms. The van der Waals surface area contributed by atoms with E-state index in [9.17, 15) is 8.42 Å². The minimum atomic E-state index is -3.54. The van der Waals surface area contributed by atoms with Gasteiger partial charge in [-0.3, -0.25) is 10.4 Å². The molecule has 0 radical (unpaired) electrons. The number of sulfonamides is 1. The molecule has 3 aromatic carbocycles. The van der Waals surface area contributed by atoms with E-state index in [1.165, 1.54) is 19.2 Å². The van der Waals surface area contributed by atoms with Gasteiger partial charge in [-0.15, -0.1) is 0 Å². The summed E-state index contributed by atoms with van der Waals surface area (Å²) in [5.41, 5.74) is 7.91. The van der Waals surface area contributed by atoms with Crippen molar-refractivity contribution in [3.05, 3.63) is 121 Å². The van der Waals surface area contributed by atoms with Crippen LogP contribution in [0.25, 0.3) is 11.1 Å². The van der Waals surface area contributed by atoms with Gasteiger partial charge < -0.3 is 10.1 Å². The van der Waals surface area contributed by atoms with E-state index >= 15 is 0 Å². The lowest BCUT2D eigenvalue weighted by Gasteiger charge is -2.17. The number of para-hydroxylation sites is 1. The number of rotatable bonds is 12. The Bertz CT molecular complexity index is 1780. The summed E-state index contributed by atoms with van der Waals surface area (Å²) in [6, 6.07) is 29.8. The van der Waals surface area contributed by atoms with Gasteiger partial charge in [0.25, 0.3) is 0 Å². The lowest BCUT2D eigenvalue weighted by molar-refractivity contribution is 0.311. The number of hydrazone groups is 1. The largest absolute Gasteiger partial charge is 0.477 e. The predicted octanol–water partition coefficient (Wildman–Crippen LogP) is 5.65. The molecule has 0 bridgehead atoms. The Balaban J connectivity index is 1.51. The van der Waals surface area contributed by atoms with E-state index < -0.39 is 10.0 Å². The zero-order valence-corrected chi connectivity index (χ0v) is 24.5. The number of hydrogen-bond donors (Lipinski definition) is 3. The van der Waals surface area contributed by atoms with Crippen LogP contribution in [0.5, 0.6) is 5.88 Å². The molecular formula is C32H31N7O3S. The van der Waals surface area contributed by atoms with Crippen molar-refractivity contribution in [3.63, 3.8) is 0 Å². The maximum absolute atomic E-state index is 12.1. The fraction of sp³-hybridized carbons (Fsp3) is 0.125. The van der Waals surface area contributed by atoms with Crippen molar-refractivity contribution in [2.45, 2.75) is 18.2 Å². The molecule has 2 heterocycles. The van der Waals surface area contributed by atoms with Crippen LogP contribution in [0.2, 0.25) is 0 Å². The summed E-state index contributed by atoms with van der Waals surface area (Å²) in [4.78, 5) is 13.8. The number of hydrogen-bond acceptors (Lipinski definition) is 9. The number of nitrogens with zero attached hydrogens (tertiary/aromatic N) is 4. The van der Waals surface area contributed by atoms with Gasteiger partial charge in [0, 0.05) is 24.5 Å².